The summed E-state index contributed by atoms with van der Waals surface area (Å²) in [5, 5.41) is 0.553. The minimum atomic E-state index is -1.93. The monoisotopic (exact) mass is 204 g/mol. The molecule has 66 valence electrons. The van der Waals surface area contributed by atoms with Crippen LogP contribution in [0.15, 0.2) is 23.1 Å². The normalized spacial score (nSPS) is 12.9. The molecule has 0 aliphatic rings. The number of hydrogen-bond donors (Lipinski definition) is 1. The molecule has 1 aromatic carbocycles. The van der Waals surface area contributed by atoms with Gasteiger partial charge in [-0.3, -0.25) is 0 Å². The van der Waals surface area contributed by atoms with Crippen LogP contribution >= 0.6 is 11.6 Å². The highest BCUT2D eigenvalue weighted by molar-refractivity contribution is 7.79. The molecule has 1 rings (SSSR count). The van der Waals surface area contributed by atoms with Gasteiger partial charge in [-0.15, -0.1) is 0 Å². The van der Waals surface area contributed by atoms with Crippen LogP contribution in [-0.2, 0) is 17.5 Å². The van der Waals surface area contributed by atoms with Crippen LogP contribution in [-0.4, -0.2) is 8.76 Å². The maximum absolute atomic E-state index is 10.6. The minimum Gasteiger partial charge on any atom is -0.302 e. The van der Waals surface area contributed by atoms with Crippen LogP contribution in [0.2, 0.25) is 5.02 Å². The molecule has 2 nitrogen and oxygen atoms in total. The first-order valence-corrected chi connectivity index (χ1v) is 5.03. The lowest BCUT2D eigenvalue weighted by atomic mass is 10.2. The first-order chi connectivity index (χ1) is 5.65. The van der Waals surface area contributed by atoms with Crippen molar-refractivity contribution in [3.05, 3.63) is 28.8 Å². The third-order valence-electron chi connectivity index (χ3n) is 1.61. The molecule has 1 atom stereocenters. The van der Waals surface area contributed by atoms with Crippen LogP contribution < -0.4 is 0 Å². The molecule has 0 bridgehead atoms. The summed E-state index contributed by atoms with van der Waals surface area (Å²) in [4.78, 5) is 0.345. The summed E-state index contributed by atoms with van der Waals surface area (Å²) in [5.74, 6) is 0. The fraction of sp³-hybridized carbons (Fsp3) is 0.250. The topological polar surface area (TPSA) is 37.3 Å². The van der Waals surface area contributed by atoms with E-state index in [1.54, 1.807) is 12.1 Å². The smallest absolute Gasteiger partial charge is 0.186 e. The molecule has 1 unspecified atom stereocenters. The largest absolute Gasteiger partial charge is 0.302 e. The number of aryl methyl sites for hydroxylation is 1. The van der Waals surface area contributed by atoms with Crippen LogP contribution in [0.4, 0.5) is 0 Å². The van der Waals surface area contributed by atoms with Crippen LogP contribution in [0.5, 0.6) is 0 Å². The summed E-state index contributed by atoms with van der Waals surface area (Å²) in [5.41, 5.74) is 0.992. The van der Waals surface area contributed by atoms with E-state index >= 15 is 0 Å². The lowest BCUT2D eigenvalue weighted by Crippen LogP contribution is -1.90. The van der Waals surface area contributed by atoms with E-state index in [2.05, 4.69) is 0 Å². The van der Waals surface area contributed by atoms with E-state index in [9.17, 15) is 4.21 Å². The van der Waals surface area contributed by atoms with Crippen molar-refractivity contribution in [3.63, 3.8) is 0 Å². The van der Waals surface area contributed by atoms with Gasteiger partial charge in [0.15, 0.2) is 11.1 Å². The Kier molecular flexibility index (Phi) is 3.26. The lowest BCUT2D eigenvalue weighted by molar-refractivity contribution is 0.564. The van der Waals surface area contributed by atoms with Crippen molar-refractivity contribution >= 4 is 22.7 Å². The van der Waals surface area contributed by atoms with Gasteiger partial charge in [-0.25, -0.2) is 4.21 Å². The number of benzene rings is 1. The maximum Gasteiger partial charge on any atom is 0.186 e. The van der Waals surface area contributed by atoms with Gasteiger partial charge in [0.2, 0.25) is 0 Å². The molecule has 1 aromatic rings. The highest BCUT2D eigenvalue weighted by atomic mass is 35.5. The Labute approximate surface area is 78.8 Å². The molecule has 12 heavy (non-hydrogen) atoms. The molecular formula is C8H9ClO2S. The number of halogens is 1. The Hall–Kier alpha value is -0.380. The molecule has 0 radical (unpaired) electrons. The predicted molar refractivity (Wildman–Crippen MR) is 49.9 cm³/mol. The van der Waals surface area contributed by atoms with Crippen LogP contribution in [0.25, 0.3) is 0 Å². The van der Waals surface area contributed by atoms with Gasteiger partial charge in [-0.05, 0) is 24.1 Å². The maximum atomic E-state index is 10.6. The van der Waals surface area contributed by atoms with E-state index in [0.717, 1.165) is 12.0 Å². The predicted octanol–water partition coefficient (Wildman–Crippen LogP) is 2.48. The summed E-state index contributed by atoms with van der Waals surface area (Å²) >= 11 is 3.89. The zero-order valence-electron chi connectivity index (χ0n) is 6.58. The molecule has 0 saturated heterocycles. The first kappa shape index (κ1) is 9.71. The number of rotatable bonds is 2. The summed E-state index contributed by atoms with van der Waals surface area (Å²) in [7, 11) is 0. The molecule has 0 saturated carbocycles. The molecule has 0 amide bonds. The van der Waals surface area contributed by atoms with Gasteiger partial charge in [-0.2, -0.15) is 0 Å². The van der Waals surface area contributed by atoms with E-state index < -0.39 is 11.1 Å². The van der Waals surface area contributed by atoms with Gasteiger partial charge in [0.05, 0.1) is 4.90 Å². The second kappa shape index (κ2) is 4.03. The molecule has 0 fully saturated rings. The third kappa shape index (κ3) is 2.06. The zero-order valence-corrected chi connectivity index (χ0v) is 8.15. The zero-order chi connectivity index (χ0) is 9.14. The average Bonchev–Trinajstić information content (AvgIpc) is 2.04. The van der Waals surface area contributed by atoms with Crippen LogP contribution in [0, 0.1) is 0 Å². The summed E-state index contributed by atoms with van der Waals surface area (Å²) in [6.07, 6.45) is 0.831. The quantitative estimate of drug-likeness (QED) is 0.752. The Balaban J connectivity index is 3.10. The summed E-state index contributed by atoms with van der Waals surface area (Å²) in [6.45, 7) is 1.98. The highest BCUT2D eigenvalue weighted by Crippen LogP contribution is 2.19. The Morgan fingerprint density at radius 1 is 1.58 bits per heavy atom. The van der Waals surface area contributed by atoms with Crippen molar-refractivity contribution in [3.8, 4) is 0 Å². The highest BCUT2D eigenvalue weighted by Gasteiger charge is 2.03. The molecule has 4 heteroatoms. The molecule has 0 aliphatic carbocycles. The van der Waals surface area contributed by atoms with Gasteiger partial charge in [-0.1, -0.05) is 24.6 Å². The van der Waals surface area contributed by atoms with Crippen molar-refractivity contribution in [1.82, 2.24) is 0 Å². The molecule has 0 aliphatic heterocycles. The average molecular weight is 205 g/mol. The van der Waals surface area contributed by atoms with E-state index in [1.165, 1.54) is 6.07 Å². The molecule has 1 N–H and O–H groups in total. The minimum absolute atomic E-state index is 0.345. The van der Waals surface area contributed by atoms with Crippen molar-refractivity contribution in [2.75, 3.05) is 0 Å². The Morgan fingerprint density at radius 3 is 2.67 bits per heavy atom. The molecular weight excluding hydrogens is 196 g/mol. The standard InChI is InChI=1S/C8H9ClO2S/c1-2-6-3-4-7(12(10)11)5-8(6)9/h3-5H,2H2,1H3,(H,10,11). The fourth-order valence-electron chi connectivity index (χ4n) is 0.923. The van der Waals surface area contributed by atoms with Gasteiger partial charge in [0.25, 0.3) is 0 Å². The van der Waals surface area contributed by atoms with Crippen LogP contribution in [0.1, 0.15) is 12.5 Å². The van der Waals surface area contributed by atoms with Crippen LogP contribution in [0.3, 0.4) is 0 Å². The van der Waals surface area contributed by atoms with Gasteiger partial charge in [0.1, 0.15) is 0 Å². The van der Waals surface area contributed by atoms with E-state index in [-0.39, 0.29) is 0 Å². The van der Waals surface area contributed by atoms with Gasteiger partial charge in [0, 0.05) is 5.02 Å². The van der Waals surface area contributed by atoms with E-state index in [1.807, 2.05) is 6.92 Å². The second-order valence-corrected chi connectivity index (χ2v) is 3.73. The lowest BCUT2D eigenvalue weighted by Gasteiger charge is -2.01. The Morgan fingerprint density at radius 2 is 2.25 bits per heavy atom. The molecule has 0 aromatic heterocycles. The third-order valence-corrected chi connectivity index (χ3v) is 2.62. The summed E-state index contributed by atoms with van der Waals surface area (Å²) < 4.78 is 19.3. The van der Waals surface area contributed by atoms with E-state index in [4.69, 9.17) is 16.2 Å². The number of hydrogen-bond acceptors (Lipinski definition) is 1. The van der Waals surface area contributed by atoms with Crippen molar-refractivity contribution in [2.24, 2.45) is 0 Å². The SMILES string of the molecule is CCc1ccc(S(=O)O)cc1Cl. The van der Waals surface area contributed by atoms with Gasteiger partial charge < -0.3 is 4.55 Å². The van der Waals surface area contributed by atoms with Crippen molar-refractivity contribution in [2.45, 2.75) is 18.2 Å². The molecule has 0 spiro atoms. The van der Waals surface area contributed by atoms with Crippen molar-refractivity contribution < 1.29 is 8.76 Å². The Bertz CT molecular complexity index is 312. The first-order valence-electron chi connectivity index (χ1n) is 3.54. The van der Waals surface area contributed by atoms with Gasteiger partial charge >= 0.3 is 0 Å². The fourth-order valence-corrected chi connectivity index (χ4v) is 1.71. The van der Waals surface area contributed by atoms with Crippen molar-refractivity contribution in [1.29, 1.82) is 0 Å². The summed E-state index contributed by atoms with van der Waals surface area (Å²) in [6, 6.07) is 4.91. The van der Waals surface area contributed by atoms with E-state index in [0.29, 0.717) is 9.92 Å². The molecule has 0 heterocycles. The second-order valence-electron chi connectivity index (χ2n) is 2.36.